The molecule has 0 saturated carbocycles. The van der Waals surface area contributed by atoms with Gasteiger partial charge in [-0.1, -0.05) is 66.4 Å². The van der Waals surface area contributed by atoms with Crippen LogP contribution in [0.1, 0.15) is 17.2 Å². The van der Waals surface area contributed by atoms with Crippen molar-refractivity contribution >= 4 is 17.9 Å². The summed E-state index contributed by atoms with van der Waals surface area (Å²) in [5, 5.41) is 4.83. The Bertz CT molecular complexity index is 1100. The smallest absolute Gasteiger partial charge is 0.205 e. The van der Waals surface area contributed by atoms with Gasteiger partial charge in [-0.25, -0.2) is 5.09 Å². The van der Waals surface area contributed by atoms with E-state index in [9.17, 15) is 4.57 Å². The molecule has 1 atom stereocenters. The molecular weight excluding hydrogens is 377 g/mol. The molecule has 4 heteroatoms. The number of hydrogen-bond donors (Lipinski definition) is 1. The monoisotopic (exact) mass is 397 g/mol. The number of furan rings is 1. The summed E-state index contributed by atoms with van der Waals surface area (Å²) in [7, 11) is -3.14. The van der Waals surface area contributed by atoms with Crippen LogP contribution in [0.4, 0.5) is 0 Å². The van der Waals surface area contributed by atoms with Crippen LogP contribution in [0.15, 0.2) is 114 Å². The van der Waals surface area contributed by atoms with Crippen molar-refractivity contribution in [3.8, 4) is 11.8 Å². The van der Waals surface area contributed by atoms with Crippen LogP contribution in [0.5, 0.6) is 0 Å². The molecule has 3 nitrogen and oxygen atoms in total. The van der Waals surface area contributed by atoms with Gasteiger partial charge < -0.3 is 4.42 Å². The Morgan fingerprint density at radius 2 is 1.31 bits per heavy atom. The molecule has 1 unspecified atom stereocenters. The zero-order valence-electron chi connectivity index (χ0n) is 15.7. The summed E-state index contributed by atoms with van der Waals surface area (Å²) in [5.41, 5.74) is 1.73. The summed E-state index contributed by atoms with van der Waals surface area (Å²) in [6, 6.07) is 30.1. The summed E-state index contributed by atoms with van der Waals surface area (Å²) in [6.45, 7) is 0. The second kappa shape index (κ2) is 8.80. The predicted octanol–water partition coefficient (Wildman–Crippen LogP) is 4.89. The molecule has 1 aromatic heterocycles. The minimum Gasteiger partial charge on any atom is -0.472 e. The molecule has 1 N–H and O–H groups in total. The van der Waals surface area contributed by atoms with E-state index in [4.69, 9.17) is 4.42 Å². The minimum atomic E-state index is -3.14. The first-order chi connectivity index (χ1) is 14.3. The first-order valence-corrected chi connectivity index (χ1v) is 11.0. The van der Waals surface area contributed by atoms with Crippen molar-refractivity contribution in [1.29, 1.82) is 0 Å². The molecule has 0 radical (unpaired) electrons. The molecular formula is C25H20NO2P. The van der Waals surface area contributed by atoms with Crippen LogP contribution in [0.25, 0.3) is 0 Å². The van der Waals surface area contributed by atoms with E-state index in [1.807, 2.05) is 97.1 Å². The molecule has 4 aromatic rings. The quantitative estimate of drug-likeness (QED) is 0.385. The molecule has 0 aliphatic rings. The van der Waals surface area contributed by atoms with Crippen LogP contribution in [-0.2, 0) is 4.57 Å². The van der Waals surface area contributed by atoms with E-state index in [0.29, 0.717) is 0 Å². The van der Waals surface area contributed by atoms with Gasteiger partial charge in [0.25, 0.3) is 0 Å². The van der Waals surface area contributed by atoms with Gasteiger partial charge in [0.15, 0.2) is 0 Å². The lowest BCUT2D eigenvalue weighted by Crippen LogP contribution is -2.30. The third kappa shape index (κ3) is 4.41. The van der Waals surface area contributed by atoms with E-state index in [1.54, 1.807) is 12.5 Å². The molecule has 3 aromatic carbocycles. The van der Waals surface area contributed by atoms with E-state index in [2.05, 4.69) is 16.9 Å². The molecule has 0 amide bonds. The number of nitrogens with one attached hydrogen (secondary N) is 1. The average Bonchev–Trinajstić information content (AvgIpc) is 3.33. The van der Waals surface area contributed by atoms with Crippen LogP contribution in [-0.4, -0.2) is 0 Å². The SMILES string of the molecule is O=P(NC(C#Cc1ccccc1)c1ccoc1)(c1ccccc1)c1ccccc1. The Balaban J connectivity index is 1.78. The second-order valence-corrected chi connectivity index (χ2v) is 9.04. The maximum Gasteiger partial charge on any atom is 0.205 e. The zero-order chi connectivity index (χ0) is 19.9. The van der Waals surface area contributed by atoms with E-state index in [-0.39, 0.29) is 0 Å². The fraction of sp³-hybridized carbons (Fsp3) is 0.0400. The number of benzene rings is 3. The molecule has 29 heavy (non-hydrogen) atoms. The van der Waals surface area contributed by atoms with Gasteiger partial charge in [-0.05, 0) is 42.5 Å². The average molecular weight is 397 g/mol. The molecule has 142 valence electrons. The Hall–Kier alpha value is -3.31. The van der Waals surface area contributed by atoms with Gasteiger partial charge in [0.05, 0.1) is 12.5 Å². The second-order valence-electron chi connectivity index (χ2n) is 6.53. The topological polar surface area (TPSA) is 42.2 Å². The summed E-state index contributed by atoms with van der Waals surface area (Å²) >= 11 is 0. The highest BCUT2D eigenvalue weighted by Gasteiger charge is 2.30. The van der Waals surface area contributed by atoms with Gasteiger partial charge in [-0.3, -0.25) is 4.57 Å². The molecule has 0 aliphatic carbocycles. The highest BCUT2D eigenvalue weighted by molar-refractivity contribution is 7.76. The maximum absolute atomic E-state index is 14.3. The lowest BCUT2D eigenvalue weighted by Gasteiger charge is -2.24. The minimum absolute atomic E-state index is 0.458. The standard InChI is InChI=1S/C25H20NO2P/c27-29(23-12-6-2-7-13-23,24-14-8-3-9-15-24)26-25(22-18-19-28-20-22)17-16-21-10-4-1-5-11-21/h1-15,18-20,25H,(H,26,27). The predicted molar refractivity (Wildman–Crippen MR) is 118 cm³/mol. The third-order valence-electron chi connectivity index (χ3n) is 4.56. The highest BCUT2D eigenvalue weighted by atomic mass is 31.2. The van der Waals surface area contributed by atoms with Crippen molar-refractivity contribution in [3.63, 3.8) is 0 Å². The Kier molecular flexibility index (Phi) is 5.77. The van der Waals surface area contributed by atoms with E-state index < -0.39 is 13.3 Å². The largest absolute Gasteiger partial charge is 0.472 e. The summed E-state index contributed by atoms with van der Waals surface area (Å²) < 4.78 is 19.6. The van der Waals surface area contributed by atoms with Crippen molar-refractivity contribution in [1.82, 2.24) is 5.09 Å². The van der Waals surface area contributed by atoms with E-state index >= 15 is 0 Å². The van der Waals surface area contributed by atoms with Crippen LogP contribution >= 0.6 is 7.29 Å². The third-order valence-corrected chi connectivity index (χ3v) is 7.23. The molecule has 4 rings (SSSR count). The molecule has 0 bridgehead atoms. The first-order valence-electron chi connectivity index (χ1n) is 9.33. The fourth-order valence-electron chi connectivity index (χ4n) is 3.06. The first kappa shape index (κ1) is 19.0. The van der Waals surface area contributed by atoms with Gasteiger partial charge in [0.2, 0.25) is 7.29 Å². The van der Waals surface area contributed by atoms with Crippen LogP contribution in [0, 0.1) is 11.8 Å². The number of hydrogen-bond acceptors (Lipinski definition) is 2. The molecule has 1 heterocycles. The van der Waals surface area contributed by atoms with Crippen LogP contribution < -0.4 is 15.7 Å². The summed E-state index contributed by atoms with van der Waals surface area (Å²) in [6.07, 6.45) is 3.24. The summed E-state index contributed by atoms with van der Waals surface area (Å²) in [4.78, 5) is 0. The van der Waals surface area contributed by atoms with Gasteiger partial charge in [0, 0.05) is 21.7 Å². The van der Waals surface area contributed by atoms with Gasteiger partial charge in [-0.2, -0.15) is 0 Å². The van der Waals surface area contributed by atoms with Gasteiger partial charge in [-0.15, -0.1) is 0 Å². The Morgan fingerprint density at radius 3 is 1.83 bits per heavy atom. The van der Waals surface area contributed by atoms with Crippen molar-refractivity contribution in [2.75, 3.05) is 0 Å². The fourth-order valence-corrected chi connectivity index (χ4v) is 5.42. The lowest BCUT2D eigenvalue weighted by molar-refractivity contribution is 0.558. The summed E-state index contributed by atoms with van der Waals surface area (Å²) in [5.74, 6) is 6.42. The lowest BCUT2D eigenvalue weighted by atomic mass is 10.1. The van der Waals surface area contributed by atoms with Crippen molar-refractivity contribution in [3.05, 3.63) is 121 Å². The van der Waals surface area contributed by atoms with Crippen molar-refractivity contribution in [2.45, 2.75) is 6.04 Å². The van der Waals surface area contributed by atoms with E-state index in [0.717, 1.165) is 21.7 Å². The van der Waals surface area contributed by atoms with Crippen LogP contribution in [0.3, 0.4) is 0 Å². The Labute approximate surface area is 170 Å². The zero-order valence-corrected chi connectivity index (χ0v) is 16.6. The normalized spacial score (nSPS) is 12.0. The molecule has 0 aliphatic heterocycles. The molecule has 0 saturated heterocycles. The van der Waals surface area contributed by atoms with Crippen molar-refractivity contribution in [2.24, 2.45) is 0 Å². The maximum atomic E-state index is 14.3. The highest BCUT2D eigenvalue weighted by Crippen LogP contribution is 2.41. The molecule has 0 fully saturated rings. The van der Waals surface area contributed by atoms with Gasteiger partial charge in [0.1, 0.15) is 6.04 Å². The van der Waals surface area contributed by atoms with Crippen molar-refractivity contribution < 1.29 is 8.98 Å². The number of rotatable bonds is 5. The Morgan fingerprint density at radius 1 is 0.759 bits per heavy atom. The van der Waals surface area contributed by atoms with E-state index in [1.165, 1.54) is 0 Å². The van der Waals surface area contributed by atoms with Gasteiger partial charge >= 0.3 is 0 Å². The van der Waals surface area contributed by atoms with Crippen LogP contribution in [0.2, 0.25) is 0 Å². The molecule has 0 spiro atoms.